The lowest BCUT2D eigenvalue weighted by Crippen LogP contribution is -2.45. The topological polar surface area (TPSA) is 105 Å². The summed E-state index contributed by atoms with van der Waals surface area (Å²) in [5.74, 6) is -0.184. The van der Waals surface area contributed by atoms with Crippen molar-refractivity contribution in [3.8, 4) is 0 Å². The minimum Gasteiger partial charge on any atom is -0.387 e. The largest absolute Gasteiger partial charge is 0.472 e. The van der Waals surface area contributed by atoms with Crippen LogP contribution >= 0.6 is 7.82 Å². The molecular formula is C42H84N2O6P+. The van der Waals surface area contributed by atoms with Gasteiger partial charge in [-0.2, -0.15) is 0 Å². The third-order valence-corrected chi connectivity index (χ3v) is 10.4. The molecule has 0 aromatic heterocycles. The predicted octanol–water partition coefficient (Wildman–Crippen LogP) is 11.4. The van der Waals surface area contributed by atoms with Gasteiger partial charge >= 0.3 is 7.82 Å². The van der Waals surface area contributed by atoms with E-state index in [2.05, 4.69) is 31.3 Å². The number of unbranched alkanes of at least 4 members (excludes halogenated alkanes) is 23. The van der Waals surface area contributed by atoms with Crippen molar-refractivity contribution in [2.75, 3.05) is 40.9 Å². The molecule has 0 aromatic carbocycles. The van der Waals surface area contributed by atoms with E-state index in [9.17, 15) is 19.4 Å². The molecule has 0 saturated carbocycles. The van der Waals surface area contributed by atoms with E-state index in [0.29, 0.717) is 17.4 Å². The normalized spacial score (nSPS) is 14.7. The zero-order valence-electron chi connectivity index (χ0n) is 34.1. The van der Waals surface area contributed by atoms with E-state index in [1.807, 2.05) is 27.2 Å². The molecule has 302 valence electrons. The second-order valence-corrected chi connectivity index (χ2v) is 17.2. The first-order valence-electron chi connectivity index (χ1n) is 21.2. The average Bonchev–Trinajstić information content (AvgIpc) is 3.07. The first-order chi connectivity index (χ1) is 24.5. The van der Waals surface area contributed by atoms with Crippen molar-refractivity contribution in [1.29, 1.82) is 0 Å². The molecule has 8 nitrogen and oxygen atoms in total. The first kappa shape index (κ1) is 50.0. The van der Waals surface area contributed by atoms with Crippen LogP contribution in [0.4, 0.5) is 0 Å². The predicted molar refractivity (Wildman–Crippen MR) is 217 cm³/mol. The van der Waals surface area contributed by atoms with Crippen molar-refractivity contribution < 1.29 is 32.9 Å². The highest BCUT2D eigenvalue weighted by Crippen LogP contribution is 2.43. The zero-order chi connectivity index (χ0) is 37.9. The van der Waals surface area contributed by atoms with Gasteiger partial charge in [0, 0.05) is 6.42 Å². The number of phosphoric ester groups is 1. The van der Waals surface area contributed by atoms with Crippen molar-refractivity contribution >= 4 is 13.7 Å². The fourth-order valence-corrected chi connectivity index (χ4v) is 6.71. The quantitative estimate of drug-likeness (QED) is 0.0252. The smallest absolute Gasteiger partial charge is 0.387 e. The zero-order valence-corrected chi connectivity index (χ0v) is 35.0. The van der Waals surface area contributed by atoms with E-state index >= 15 is 0 Å². The van der Waals surface area contributed by atoms with Gasteiger partial charge < -0.3 is 19.8 Å². The van der Waals surface area contributed by atoms with Crippen LogP contribution in [0, 0.1) is 0 Å². The van der Waals surface area contributed by atoms with Crippen molar-refractivity contribution in [1.82, 2.24) is 5.32 Å². The van der Waals surface area contributed by atoms with Crippen molar-refractivity contribution in [3.05, 3.63) is 24.3 Å². The van der Waals surface area contributed by atoms with Gasteiger partial charge in [-0.15, -0.1) is 0 Å². The van der Waals surface area contributed by atoms with Crippen LogP contribution in [0.5, 0.6) is 0 Å². The molecule has 1 amide bonds. The van der Waals surface area contributed by atoms with Gasteiger partial charge in [-0.1, -0.05) is 160 Å². The number of carbonyl (C=O) groups excluding carboxylic acids is 1. The van der Waals surface area contributed by atoms with Crippen LogP contribution in [0.3, 0.4) is 0 Å². The van der Waals surface area contributed by atoms with E-state index < -0.39 is 20.0 Å². The summed E-state index contributed by atoms with van der Waals surface area (Å²) in [4.78, 5) is 23.0. The van der Waals surface area contributed by atoms with Crippen LogP contribution in [-0.4, -0.2) is 73.4 Å². The van der Waals surface area contributed by atoms with E-state index in [4.69, 9.17) is 9.05 Å². The van der Waals surface area contributed by atoms with Crippen LogP contribution < -0.4 is 5.32 Å². The summed E-state index contributed by atoms with van der Waals surface area (Å²) < 4.78 is 23.5. The molecule has 0 heterocycles. The number of allylic oxidation sites excluding steroid dienone is 3. The fraction of sp³-hybridized carbons (Fsp3) is 0.881. The number of likely N-dealkylation sites (N-methyl/N-ethyl adjacent to an activating group) is 1. The van der Waals surface area contributed by atoms with Crippen LogP contribution in [0.25, 0.3) is 0 Å². The average molecular weight is 744 g/mol. The highest BCUT2D eigenvalue weighted by atomic mass is 31.2. The molecule has 51 heavy (non-hydrogen) atoms. The molecule has 0 saturated heterocycles. The number of aliphatic hydroxyl groups is 1. The number of nitrogens with zero attached hydrogens (tertiary/aromatic N) is 1. The van der Waals surface area contributed by atoms with Crippen LogP contribution in [0.1, 0.15) is 187 Å². The lowest BCUT2D eigenvalue weighted by atomic mass is 10.1. The molecule has 0 aliphatic heterocycles. The number of phosphoric acid groups is 1. The van der Waals surface area contributed by atoms with Crippen LogP contribution in [-0.2, 0) is 18.4 Å². The molecule has 0 radical (unpaired) electrons. The first-order valence-corrected chi connectivity index (χ1v) is 22.7. The Kier molecular flexibility index (Phi) is 34.0. The number of amides is 1. The Labute approximate surface area is 315 Å². The van der Waals surface area contributed by atoms with Gasteiger partial charge in [0.25, 0.3) is 0 Å². The van der Waals surface area contributed by atoms with Gasteiger partial charge in [0.2, 0.25) is 5.91 Å². The molecule has 0 aliphatic rings. The third kappa shape index (κ3) is 37.1. The molecule has 0 spiro atoms. The summed E-state index contributed by atoms with van der Waals surface area (Å²) in [6, 6.07) is -0.843. The number of hydrogen-bond acceptors (Lipinski definition) is 5. The van der Waals surface area contributed by atoms with Crippen molar-refractivity contribution in [2.24, 2.45) is 0 Å². The highest BCUT2D eigenvalue weighted by molar-refractivity contribution is 7.47. The Morgan fingerprint density at radius 2 is 1.06 bits per heavy atom. The van der Waals surface area contributed by atoms with E-state index in [1.165, 1.54) is 128 Å². The van der Waals surface area contributed by atoms with Crippen LogP contribution in [0.2, 0.25) is 0 Å². The maximum Gasteiger partial charge on any atom is 0.472 e. The summed E-state index contributed by atoms with van der Waals surface area (Å²) in [5.41, 5.74) is 0. The second-order valence-electron chi connectivity index (χ2n) is 15.7. The van der Waals surface area contributed by atoms with Gasteiger partial charge in [-0.25, -0.2) is 4.57 Å². The Morgan fingerprint density at radius 3 is 1.51 bits per heavy atom. The van der Waals surface area contributed by atoms with Crippen LogP contribution in [0.15, 0.2) is 24.3 Å². The SMILES string of the molecule is CCCCCCCCCC/C=C\CCCCCCCCCC(=O)NC(COP(=O)(O)OCC[N+](C)(C)C)C(O)/C=C/CCCCCCCCCC. The Morgan fingerprint density at radius 1 is 0.647 bits per heavy atom. The maximum atomic E-state index is 12.8. The summed E-state index contributed by atoms with van der Waals surface area (Å²) in [5, 5.41) is 13.7. The Balaban J connectivity index is 4.36. The summed E-state index contributed by atoms with van der Waals surface area (Å²) in [6.45, 7) is 4.78. The molecule has 3 unspecified atom stereocenters. The summed E-state index contributed by atoms with van der Waals surface area (Å²) >= 11 is 0. The molecule has 3 N–H and O–H groups in total. The van der Waals surface area contributed by atoms with Gasteiger partial charge in [0.05, 0.1) is 39.9 Å². The monoisotopic (exact) mass is 744 g/mol. The highest BCUT2D eigenvalue weighted by Gasteiger charge is 2.27. The molecular weight excluding hydrogens is 659 g/mol. The summed E-state index contributed by atoms with van der Waals surface area (Å²) in [6.07, 6.45) is 39.6. The fourth-order valence-electron chi connectivity index (χ4n) is 5.98. The number of rotatable bonds is 38. The van der Waals surface area contributed by atoms with Gasteiger partial charge in [-0.3, -0.25) is 13.8 Å². The number of aliphatic hydroxyl groups excluding tert-OH is 1. The Bertz CT molecular complexity index is 891. The van der Waals surface area contributed by atoms with Crippen molar-refractivity contribution in [2.45, 2.75) is 199 Å². The van der Waals surface area contributed by atoms with Crippen molar-refractivity contribution in [3.63, 3.8) is 0 Å². The molecule has 0 fully saturated rings. The molecule has 3 atom stereocenters. The lowest BCUT2D eigenvalue weighted by Gasteiger charge is -2.25. The van der Waals surface area contributed by atoms with Gasteiger partial charge in [0.1, 0.15) is 13.2 Å². The number of quaternary nitrogens is 1. The number of hydrogen-bond donors (Lipinski definition) is 3. The van der Waals surface area contributed by atoms with Gasteiger partial charge in [-0.05, 0) is 44.9 Å². The molecule has 0 rings (SSSR count). The van der Waals surface area contributed by atoms with Gasteiger partial charge in [0.15, 0.2) is 0 Å². The molecule has 9 heteroatoms. The van der Waals surface area contributed by atoms with E-state index in [0.717, 1.165) is 38.5 Å². The minimum atomic E-state index is -4.33. The van der Waals surface area contributed by atoms with E-state index in [1.54, 1.807) is 6.08 Å². The number of carbonyl (C=O) groups is 1. The Hall–Kier alpha value is -1.02. The summed E-state index contributed by atoms with van der Waals surface area (Å²) in [7, 11) is 1.57. The number of nitrogens with one attached hydrogen (secondary N) is 1. The molecule has 0 aliphatic carbocycles. The maximum absolute atomic E-state index is 12.8. The molecule has 0 aromatic rings. The molecule has 0 bridgehead atoms. The van der Waals surface area contributed by atoms with E-state index in [-0.39, 0.29) is 19.1 Å². The minimum absolute atomic E-state index is 0.0613. The lowest BCUT2D eigenvalue weighted by molar-refractivity contribution is -0.870. The standard InChI is InChI=1S/C42H83N2O6P/c1-6-8-10-12-14-16-18-19-20-21-22-23-24-25-26-28-30-32-34-36-42(46)43-40(39-50-51(47,48)49-38-37-44(3,4)5)41(45)35-33-31-29-27-17-15-13-11-9-7-2/h21-22,33,35,40-41,45H,6-20,23-32,34,36-39H2,1-5H3,(H-,43,46,47,48)/p+1/b22-21-,35-33+. The second kappa shape index (κ2) is 34.7. The third-order valence-electron chi connectivity index (χ3n) is 9.42.